The standard InChI is InChI=1S/C20H21NO3/c1-12-5-7-14(8-6-12)18-13(2)21-17-10-9-15(11-16(17)18)24-20(3,4)19(22)23/h5-11,21H,1-4H3,(H,22,23). The molecule has 1 heterocycles. The van der Waals surface area contributed by atoms with Crippen molar-refractivity contribution in [3.05, 3.63) is 53.7 Å². The Morgan fingerprint density at radius 1 is 1.08 bits per heavy atom. The second-order valence-electron chi connectivity index (χ2n) is 6.62. The van der Waals surface area contributed by atoms with Gasteiger partial charge in [-0.2, -0.15) is 0 Å². The lowest BCUT2D eigenvalue weighted by Gasteiger charge is -2.21. The van der Waals surface area contributed by atoms with E-state index < -0.39 is 11.6 Å². The van der Waals surface area contributed by atoms with Crippen molar-refractivity contribution >= 4 is 16.9 Å². The molecule has 24 heavy (non-hydrogen) atoms. The molecule has 0 saturated carbocycles. The summed E-state index contributed by atoms with van der Waals surface area (Å²) in [4.78, 5) is 14.7. The summed E-state index contributed by atoms with van der Waals surface area (Å²) in [6.07, 6.45) is 0. The predicted molar refractivity (Wildman–Crippen MR) is 95.6 cm³/mol. The highest BCUT2D eigenvalue weighted by atomic mass is 16.5. The van der Waals surface area contributed by atoms with E-state index in [0.717, 1.165) is 27.7 Å². The van der Waals surface area contributed by atoms with Gasteiger partial charge in [-0.3, -0.25) is 0 Å². The predicted octanol–water partition coefficient (Wildman–Crippen LogP) is 4.69. The fourth-order valence-corrected chi connectivity index (χ4v) is 2.80. The third-order valence-corrected chi connectivity index (χ3v) is 4.19. The third-order valence-electron chi connectivity index (χ3n) is 4.19. The molecule has 0 unspecified atom stereocenters. The van der Waals surface area contributed by atoms with Crippen LogP contribution in [0.25, 0.3) is 22.0 Å². The molecule has 0 amide bonds. The van der Waals surface area contributed by atoms with Crippen LogP contribution in [-0.2, 0) is 4.79 Å². The monoisotopic (exact) mass is 323 g/mol. The van der Waals surface area contributed by atoms with Crippen molar-refractivity contribution in [1.82, 2.24) is 4.98 Å². The number of benzene rings is 2. The first-order valence-electron chi connectivity index (χ1n) is 7.90. The number of H-pyrrole nitrogens is 1. The van der Waals surface area contributed by atoms with E-state index in [1.807, 2.05) is 19.1 Å². The number of aliphatic carboxylic acids is 1. The Bertz CT molecular complexity index is 905. The molecule has 1 aromatic heterocycles. The lowest BCUT2D eigenvalue weighted by atomic mass is 10.0. The van der Waals surface area contributed by atoms with Crippen molar-refractivity contribution in [1.29, 1.82) is 0 Å². The Kier molecular flexibility index (Phi) is 3.84. The van der Waals surface area contributed by atoms with Crippen LogP contribution in [0.15, 0.2) is 42.5 Å². The molecule has 124 valence electrons. The van der Waals surface area contributed by atoms with Crippen molar-refractivity contribution in [2.24, 2.45) is 0 Å². The molecule has 0 spiro atoms. The summed E-state index contributed by atoms with van der Waals surface area (Å²) in [6.45, 7) is 7.19. The zero-order valence-electron chi connectivity index (χ0n) is 14.3. The van der Waals surface area contributed by atoms with Crippen molar-refractivity contribution in [2.45, 2.75) is 33.3 Å². The zero-order chi connectivity index (χ0) is 17.5. The van der Waals surface area contributed by atoms with E-state index in [1.54, 1.807) is 19.9 Å². The number of aromatic nitrogens is 1. The van der Waals surface area contributed by atoms with Crippen LogP contribution in [0.4, 0.5) is 0 Å². The molecule has 0 aliphatic carbocycles. The molecule has 3 aromatic rings. The van der Waals surface area contributed by atoms with Gasteiger partial charge < -0.3 is 14.8 Å². The summed E-state index contributed by atoms with van der Waals surface area (Å²) < 4.78 is 5.68. The van der Waals surface area contributed by atoms with Crippen LogP contribution in [0, 0.1) is 13.8 Å². The number of hydrogen-bond donors (Lipinski definition) is 2. The van der Waals surface area contributed by atoms with E-state index in [4.69, 9.17) is 4.74 Å². The first-order valence-corrected chi connectivity index (χ1v) is 7.90. The van der Waals surface area contributed by atoms with Crippen molar-refractivity contribution < 1.29 is 14.6 Å². The quantitative estimate of drug-likeness (QED) is 0.732. The molecule has 2 aromatic carbocycles. The Morgan fingerprint density at radius 3 is 2.38 bits per heavy atom. The number of hydrogen-bond acceptors (Lipinski definition) is 2. The van der Waals surface area contributed by atoms with Crippen LogP contribution in [0.1, 0.15) is 25.1 Å². The minimum Gasteiger partial charge on any atom is -0.478 e. The number of rotatable bonds is 4. The molecule has 2 N–H and O–H groups in total. The number of ether oxygens (including phenoxy) is 1. The van der Waals surface area contributed by atoms with Gasteiger partial charge in [-0.15, -0.1) is 0 Å². The molecule has 3 rings (SSSR count). The third kappa shape index (κ3) is 2.87. The Labute approximate surface area is 141 Å². The molecule has 0 saturated heterocycles. The average Bonchev–Trinajstić information content (AvgIpc) is 2.83. The van der Waals surface area contributed by atoms with Gasteiger partial charge in [-0.1, -0.05) is 29.8 Å². The summed E-state index contributed by atoms with van der Waals surface area (Å²) in [5, 5.41) is 10.3. The molecule has 4 nitrogen and oxygen atoms in total. The zero-order valence-corrected chi connectivity index (χ0v) is 14.3. The van der Waals surface area contributed by atoms with Gasteiger partial charge in [-0.05, 0) is 51.5 Å². The molecule has 0 radical (unpaired) electrons. The van der Waals surface area contributed by atoms with Gasteiger partial charge in [0.15, 0.2) is 5.60 Å². The normalized spacial score (nSPS) is 11.7. The number of carbonyl (C=O) groups is 1. The topological polar surface area (TPSA) is 62.3 Å². The summed E-state index contributed by atoms with van der Waals surface area (Å²) in [6, 6.07) is 14.0. The number of carboxylic acid groups (broad SMARTS) is 1. The van der Waals surface area contributed by atoms with Gasteiger partial charge in [0, 0.05) is 22.2 Å². The maximum absolute atomic E-state index is 11.3. The molecule has 0 aliphatic heterocycles. The van der Waals surface area contributed by atoms with Gasteiger partial charge in [0.2, 0.25) is 0 Å². The molecule has 4 heteroatoms. The minimum absolute atomic E-state index is 0.544. The molecule has 0 aliphatic rings. The van der Waals surface area contributed by atoms with Gasteiger partial charge in [0.25, 0.3) is 0 Å². The van der Waals surface area contributed by atoms with Gasteiger partial charge in [0.05, 0.1) is 0 Å². The number of aryl methyl sites for hydroxylation is 2. The van der Waals surface area contributed by atoms with Crippen LogP contribution < -0.4 is 4.74 Å². The molecule has 0 bridgehead atoms. The SMILES string of the molecule is Cc1ccc(-c2c(C)[nH]c3ccc(OC(C)(C)C(=O)O)cc23)cc1. The van der Waals surface area contributed by atoms with Crippen molar-refractivity contribution in [3.8, 4) is 16.9 Å². The minimum atomic E-state index is -1.27. The second kappa shape index (κ2) is 5.71. The Morgan fingerprint density at radius 2 is 1.75 bits per heavy atom. The highest BCUT2D eigenvalue weighted by Gasteiger charge is 2.29. The van der Waals surface area contributed by atoms with Gasteiger partial charge in [0.1, 0.15) is 5.75 Å². The summed E-state index contributed by atoms with van der Waals surface area (Å²) in [5.41, 5.74) is 4.25. The van der Waals surface area contributed by atoms with E-state index in [-0.39, 0.29) is 0 Å². The van der Waals surface area contributed by atoms with Crippen LogP contribution in [-0.4, -0.2) is 21.7 Å². The van der Waals surface area contributed by atoms with Crippen LogP contribution in [0.5, 0.6) is 5.75 Å². The molecular weight excluding hydrogens is 302 g/mol. The van der Waals surface area contributed by atoms with Crippen LogP contribution in [0.2, 0.25) is 0 Å². The van der Waals surface area contributed by atoms with E-state index in [0.29, 0.717) is 5.75 Å². The maximum Gasteiger partial charge on any atom is 0.347 e. The van der Waals surface area contributed by atoms with Crippen LogP contribution in [0.3, 0.4) is 0 Å². The summed E-state index contributed by atoms with van der Waals surface area (Å²) in [7, 11) is 0. The first kappa shape index (κ1) is 16.1. The summed E-state index contributed by atoms with van der Waals surface area (Å²) >= 11 is 0. The second-order valence-corrected chi connectivity index (χ2v) is 6.62. The number of aromatic amines is 1. The van der Waals surface area contributed by atoms with E-state index in [2.05, 4.69) is 36.2 Å². The number of fused-ring (bicyclic) bond motifs is 1. The Balaban J connectivity index is 2.10. The fraction of sp³-hybridized carbons (Fsp3) is 0.250. The fourth-order valence-electron chi connectivity index (χ4n) is 2.80. The first-order chi connectivity index (χ1) is 11.3. The van der Waals surface area contributed by atoms with E-state index in [9.17, 15) is 9.90 Å². The smallest absolute Gasteiger partial charge is 0.347 e. The van der Waals surface area contributed by atoms with Crippen LogP contribution >= 0.6 is 0 Å². The molecule has 0 fully saturated rings. The largest absolute Gasteiger partial charge is 0.478 e. The van der Waals surface area contributed by atoms with E-state index >= 15 is 0 Å². The van der Waals surface area contributed by atoms with E-state index in [1.165, 1.54) is 5.56 Å². The highest BCUT2D eigenvalue weighted by molar-refractivity contribution is 5.98. The maximum atomic E-state index is 11.3. The van der Waals surface area contributed by atoms with Crippen molar-refractivity contribution in [2.75, 3.05) is 0 Å². The molecule has 0 atom stereocenters. The van der Waals surface area contributed by atoms with Gasteiger partial charge >= 0.3 is 5.97 Å². The lowest BCUT2D eigenvalue weighted by Crippen LogP contribution is -2.37. The average molecular weight is 323 g/mol. The number of nitrogens with one attached hydrogen (secondary N) is 1. The summed E-state index contributed by atoms with van der Waals surface area (Å²) in [5.74, 6) is -0.450. The molecular formula is C20H21NO3. The lowest BCUT2D eigenvalue weighted by molar-refractivity contribution is -0.152. The van der Waals surface area contributed by atoms with Gasteiger partial charge in [-0.25, -0.2) is 4.79 Å². The Hall–Kier alpha value is -2.75. The van der Waals surface area contributed by atoms with Crippen molar-refractivity contribution in [3.63, 3.8) is 0 Å². The number of carboxylic acids is 1. The highest BCUT2D eigenvalue weighted by Crippen LogP contribution is 2.35.